The van der Waals surface area contributed by atoms with Gasteiger partial charge in [0.05, 0.1) is 22.4 Å². The Morgan fingerprint density at radius 1 is 1.00 bits per heavy atom. The minimum absolute atomic E-state index is 0.260. The first-order valence-corrected chi connectivity index (χ1v) is 13.0. The van der Waals surface area contributed by atoms with Crippen LogP contribution < -0.4 is 10.6 Å². The lowest BCUT2D eigenvalue weighted by atomic mass is 9.78. The molecule has 1 saturated carbocycles. The molecule has 36 heavy (non-hydrogen) atoms. The van der Waals surface area contributed by atoms with Crippen molar-refractivity contribution in [2.75, 3.05) is 10.6 Å². The lowest BCUT2D eigenvalue weighted by Crippen LogP contribution is -2.36. The number of benzene rings is 2. The zero-order valence-corrected chi connectivity index (χ0v) is 21.3. The summed E-state index contributed by atoms with van der Waals surface area (Å²) in [5.41, 5.74) is 2.79. The van der Waals surface area contributed by atoms with Crippen molar-refractivity contribution in [2.45, 2.75) is 38.7 Å². The van der Waals surface area contributed by atoms with Crippen molar-refractivity contribution in [1.82, 2.24) is 0 Å². The van der Waals surface area contributed by atoms with Crippen molar-refractivity contribution in [3.8, 4) is 10.4 Å². The summed E-state index contributed by atoms with van der Waals surface area (Å²) < 4.78 is 5.51. The molecule has 2 aromatic carbocycles. The number of nitrogens with one attached hydrogen (secondary N) is 2. The molecule has 0 aliphatic heterocycles. The van der Waals surface area contributed by atoms with Crippen LogP contribution in [0.2, 0.25) is 5.02 Å². The van der Waals surface area contributed by atoms with Gasteiger partial charge in [0.1, 0.15) is 6.10 Å². The standard InChI is InChI=1S/C27H27ClN2O5S/c1-16(19-6-4-5-9-22(19)28)35-27(34)30-23-14-15-36-24(23)17-10-12-18(13-11-17)29-25(31)20-7-2-3-8-21(20)26(32)33/h4-6,9-16,20-21H,2-3,7-8H2,1H3,(H,29,31)(H,30,34)(H,32,33)/t16-,20?,21?/m1/s1. The van der Waals surface area contributed by atoms with E-state index in [4.69, 9.17) is 16.3 Å². The molecule has 1 heterocycles. The number of carbonyl (C=O) groups excluding carboxylic acids is 2. The van der Waals surface area contributed by atoms with Gasteiger partial charge in [0.15, 0.2) is 0 Å². The number of anilines is 2. The number of ether oxygens (including phenoxy) is 1. The molecule has 4 rings (SSSR count). The van der Waals surface area contributed by atoms with Crippen LogP contribution in [0.15, 0.2) is 60.0 Å². The number of hydrogen-bond acceptors (Lipinski definition) is 5. The molecule has 2 unspecified atom stereocenters. The fourth-order valence-electron chi connectivity index (χ4n) is 4.48. The monoisotopic (exact) mass is 526 g/mol. The lowest BCUT2D eigenvalue weighted by Gasteiger charge is -2.27. The Balaban J connectivity index is 1.39. The number of halogens is 1. The maximum Gasteiger partial charge on any atom is 0.412 e. The summed E-state index contributed by atoms with van der Waals surface area (Å²) in [7, 11) is 0. The van der Waals surface area contributed by atoms with Gasteiger partial charge < -0.3 is 15.2 Å². The molecular weight excluding hydrogens is 500 g/mol. The second-order valence-electron chi connectivity index (χ2n) is 8.76. The number of amides is 2. The Bertz CT molecular complexity index is 1240. The third-order valence-electron chi connectivity index (χ3n) is 6.36. The van der Waals surface area contributed by atoms with Gasteiger partial charge in [-0.25, -0.2) is 4.79 Å². The van der Waals surface area contributed by atoms with Gasteiger partial charge in [0.25, 0.3) is 0 Å². The third kappa shape index (κ3) is 6.06. The van der Waals surface area contributed by atoms with E-state index in [0.717, 1.165) is 28.8 Å². The molecule has 1 fully saturated rings. The predicted octanol–water partition coefficient (Wildman–Crippen LogP) is 7.21. The van der Waals surface area contributed by atoms with Crippen molar-refractivity contribution in [3.63, 3.8) is 0 Å². The van der Waals surface area contributed by atoms with Crippen molar-refractivity contribution in [1.29, 1.82) is 0 Å². The molecule has 3 atom stereocenters. The van der Waals surface area contributed by atoms with Crippen molar-refractivity contribution >= 4 is 52.3 Å². The second-order valence-corrected chi connectivity index (χ2v) is 10.1. The molecule has 2 amide bonds. The zero-order valence-electron chi connectivity index (χ0n) is 19.7. The summed E-state index contributed by atoms with van der Waals surface area (Å²) in [5.74, 6) is -2.34. The van der Waals surface area contributed by atoms with Gasteiger partial charge in [-0.15, -0.1) is 11.3 Å². The summed E-state index contributed by atoms with van der Waals surface area (Å²) in [5, 5.41) is 17.5. The fraction of sp³-hybridized carbons (Fsp3) is 0.296. The van der Waals surface area contributed by atoms with Crippen LogP contribution in [0.25, 0.3) is 10.4 Å². The van der Waals surface area contributed by atoms with Crippen LogP contribution in [0, 0.1) is 11.8 Å². The highest BCUT2D eigenvalue weighted by Gasteiger charge is 2.35. The van der Waals surface area contributed by atoms with E-state index in [1.165, 1.54) is 11.3 Å². The SMILES string of the molecule is C[C@@H](OC(=O)Nc1ccsc1-c1ccc(NC(=O)C2CCCCC2C(=O)O)cc1)c1ccccc1Cl. The number of hydrogen-bond donors (Lipinski definition) is 3. The summed E-state index contributed by atoms with van der Waals surface area (Å²) in [4.78, 5) is 37.6. The maximum atomic E-state index is 12.7. The van der Waals surface area contributed by atoms with Gasteiger partial charge in [0, 0.05) is 16.3 Å². The molecular formula is C27H27ClN2O5S. The second kappa shape index (κ2) is 11.6. The van der Waals surface area contributed by atoms with Crippen LogP contribution >= 0.6 is 22.9 Å². The highest BCUT2D eigenvalue weighted by Crippen LogP contribution is 2.36. The first kappa shape index (κ1) is 25.7. The molecule has 3 aromatic rings. The van der Waals surface area contributed by atoms with Crippen molar-refractivity contribution in [2.24, 2.45) is 11.8 Å². The third-order valence-corrected chi connectivity index (χ3v) is 7.67. The first-order chi connectivity index (χ1) is 17.3. The summed E-state index contributed by atoms with van der Waals surface area (Å²) in [6.45, 7) is 1.76. The maximum absolute atomic E-state index is 12.7. The minimum Gasteiger partial charge on any atom is -0.481 e. The molecule has 0 bridgehead atoms. The smallest absolute Gasteiger partial charge is 0.412 e. The molecule has 3 N–H and O–H groups in total. The molecule has 0 saturated heterocycles. The number of aliphatic carboxylic acids is 1. The predicted molar refractivity (Wildman–Crippen MR) is 141 cm³/mol. The molecule has 1 aromatic heterocycles. The van der Waals surface area contributed by atoms with E-state index >= 15 is 0 Å². The van der Waals surface area contributed by atoms with E-state index < -0.39 is 30.0 Å². The number of rotatable bonds is 7. The Morgan fingerprint density at radius 3 is 2.39 bits per heavy atom. The lowest BCUT2D eigenvalue weighted by molar-refractivity contribution is -0.147. The Kier molecular flexibility index (Phi) is 8.28. The topological polar surface area (TPSA) is 105 Å². The average Bonchev–Trinajstić information content (AvgIpc) is 3.32. The van der Waals surface area contributed by atoms with Crippen molar-refractivity contribution in [3.05, 3.63) is 70.6 Å². The van der Waals surface area contributed by atoms with Crippen LogP contribution in [0.4, 0.5) is 16.2 Å². The Hall–Kier alpha value is -3.36. The van der Waals surface area contributed by atoms with Crippen molar-refractivity contribution < 1.29 is 24.2 Å². The Morgan fingerprint density at radius 2 is 1.69 bits per heavy atom. The number of carboxylic acid groups (broad SMARTS) is 1. The molecule has 7 nitrogen and oxygen atoms in total. The van der Waals surface area contributed by atoms with Crippen LogP contribution in [0.3, 0.4) is 0 Å². The summed E-state index contributed by atoms with van der Waals surface area (Å²) in [6.07, 6.45) is 1.68. The minimum atomic E-state index is -0.914. The van der Waals surface area contributed by atoms with Crippen LogP contribution in [0.1, 0.15) is 44.3 Å². The van der Waals surface area contributed by atoms with Crippen LogP contribution in [-0.4, -0.2) is 23.1 Å². The number of thiophene rings is 1. The fourth-order valence-corrected chi connectivity index (χ4v) is 5.63. The van der Waals surface area contributed by atoms with E-state index in [-0.39, 0.29) is 5.91 Å². The summed E-state index contributed by atoms with van der Waals surface area (Å²) >= 11 is 7.66. The molecule has 0 spiro atoms. The van der Waals surface area contributed by atoms with Gasteiger partial charge in [-0.1, -0.05) is 54.8 Å². The normalized spacial score (nSPS) is 18.2. The van der Waals surface area contributed by atoms with E-state index in [1.807, 2.05) is 35.7 Å². The summed E-state index contributed by atoms with van der Waals surface area (Å²) in [6, 6.07) is 16.2. The van der Waals surface area contributed by atoms with Gasteiger partial charge in [-0.3, -0.25) is 14.9 Å². The largest absolute Gasteiger partial charge is 0.481 e. The van der Waals surface area contributed by atoms with E-state index in [2.05, 4.69) is 10.6 Å². The quantitative estimate of drug-likeness (QED) is 0.302. The zero-order chi connectivity index (χ0) is 25.7. The van der Waals surface area contributed by atoms with Gasteiger partial charge in [-0.2, -0.15) is 0 Å². The number of carboxylic acids is 1. The molecule has 1 aliphatic carbocycles. The molecule has 188 valence electrons. The highest BCUT2D eigenvalue weighted by atomic mass is 35.5. The van der Waals surface area contributed by atoms with Crippen LogP contribution in [0.5, 0.6) is 0 Å². The van der Waals surface area contributed by atoms with E-state index in [1.54, 1.807) is 31.2 Å². The molecule has 0 radical (unpaired) electrons. The first-order valence-electron chi connectivity index (χ1n) is 11.8. The van der Waals surface area contributed by atoms with Gasteiger partial charge >= 0.3 is 12.1 Å². The average molecular weight is 527 g/mol. The molecule has 9 heteroatoms. The van der Waals surface area contributed by atoms with Crippen LogP contribution in [-0.2, 0) is 14.3 Å². The Labute approximate surface area is 218 Å². The van der Waals surface area contributed by atoms with E-state index in [0.29, 0.717) is 29.2 Å². The van der Waals surface area contributed by atoms with Gasteiger partial charge in [0.2, 0.25) is 5.91 Å². The molecule has 1 aliphatic rings. The number of carbonyl (C=O) groups is 3. The van der Waals surface area contributed by atoms with Gasteiger partial charge in [-0.05, 0) is 55.0 Å². The van der Waals surface area contributed by atoms with E-state index in [9.17, 15) is 19.5 Å². The highest BCUT2D eigenvalue weighted by molar-refractivity contribution is 7.14.